The molecule has 2 atom stereocenters. The number of ether oxygens (including phenoxy) is 1. The number of nitro groups is 1. The lowest BCUT2D eigenvalue weighted by atomic mass is 9.95. The van der Waals surface area contributed by atoms with Gasteiger partial charge < -0.3 is 10.1 Å². The van der Waals surface area contributed by atoms with Gasteiger partial charge in [0.2, 0.25) is 5.82 Å². The second kappa shape index (κ2) is 7.44. The van der Waals surface area contributed by atoms with Crippen LogP contribution in [-0.2, 0) is 4.74 Å². The van der Waals surface area contributed by atoms with Crippen LogP contribution in [0.25, 0.3) is 0 Å². The molecule has 1 heterocycles. The van der Waals surface area contributed by atoms with Crippen molar-refractivity contribution in [3.05, 3.63) is 27.9 Å². The van der Waals surface area contributed by atoms with E-state index in [0.717, 1.165) is 19.3 Å². The van der Waals surface area contributed by atoms with Crippen LogP contribution in [0.5, 0.6) is 0 Å². The Bertz CT molecular complexity index is 567. The number of esters is 1. The van der Waals surface area contributed by atoms with Gasteiger partial charge in [-0.3, -0.25) is 10.1 Å². The van der Waals surface area contributed by atoms with Crippen LogP contribution in [0.3, 0.4) is 0 Å². The van der Waals surface area contributed by atoms with Crippen molar-refractivity contribution in [1.29, 1.82) is 0 Å². The van der Waals surface area contributed by atoms with E-state index in [1.54, 1.807) is 0 Å². The van der Waals surface area contributed by atoms with Gasteiger partial charge in [0.15, 0.2) is 0 Å². The molecule has 2 unspecified atom stereocenters. The Morgan fingerprint density at radius 1 is 1.55 bits per heavy atom. The molecular formula is C14H19N3O4S. The molecule has 0 spiro atoms. The molecule has 1 saturated carbocycles. The topological polar surface area (TPSA) is 94.4 Å². The van der Waals surface area contributed by atoms with Gasteiger partial charge >= 0.3 is 11.7 Å². The standard InChI is InChI=1S/C14H19N3O4S/c1-21-14(18)9-6-12(17(19)20)13(15-8-9)16-10-4-3-5-11(7-10)22-2/h6,8,10-11H,3-5,7H2,1-2H3,(H,15,16). The Hall–Kier alpha value is -1.83. The summed E-state index contributed by atoms with van der Waals surface area (Å²) in [6, 6.07) is 1.37. The molecule has 0 bridgehead atoms. The van der Waals surface area contributed by atoms with Crippen LogP contribution in [0.1, 0.15) is 36.0 Å². The molecule has 1 fully saturated rings. The molecule has 1 aliphatic rings. The van der Waals surface area contributed by atoms with Crippen molar-refractivity contribution in [2.45, 2.75) is 37.0 Å². The number of hydrogen-bond donors (Lipinski definition) is 1. The monoisotopic (exact) mass is 325 g/mol. The number of thioether (sulfide) groups is 1. The molecule has 1 aliphatic carbocycles. The summed E-state index contributed by atoms with van der Waals surface area (Å²) >= 11 is 1.82. The number of nitrogens with one attached hydrogen (secondary N) is 1. The summed E-state index contributed by atoms with van der Waals surface area (Å²) in [5.41, 5.74) is -0.125. The number of pyridine rings is 1. The summed E-state index contributed by atoms with van der Waals surface area (Å²) in [5, 5.41) is 14.9. The minimum Gasteiger partial charge on any atom is -0.465 e. The molecule has 120 valence electrons. The van der Waals surface area contributed by atoms with Gasteiger partial charge in [-0.2, -0.15) is 11.8 Å². The molecule has 0 aromatic carbocycles. The molecule has 0 saturated heterocycles. The van der Waals surface area contributed by atoms with Crippen LogP contribution >= 0.6 is 11.8 Å². The Kier molecular flexibility index (Phi) is 5.59. The molecule has 0 amide bonds. The Labute approximate surface area is 133 Å². The average Bonchev–Trinajstić information content (AvgIpc) is 2.54. The summed E-state index contributed by atoms with van der Waals surface area (Å²) in [5.74, 6) is -0.424. The summed E-state index contributed by atoms with van der Waals surface area (Å²) < 4.78 is 4.56. The van der Waals surface area contributed by atoms with E-state index in [0.29, 0.717) is 5.25 Å². The minimum atomic E-state index is -0.637. The molecule has 8 heteroatoms. The van der Waals surface area contributed by atoms with Gasteiger partial charge in [0.05, 0.1) is 17.6 Å². The molecule has 0 radical (unpaired) electrons. The third-order valence-corrected chi connectivity index (χ3v) is 4.88. The first-order valence-corrected chi connectivity index (χ1v) is 8.36. The zero-order chi connectivity index (χ0) is 16.1. The van der Waals surface area contributed by atoms with Crippen molar-refractivity contribution in [3.8, 4) is 0 Å². The number of rotatable bonds is 5. The molecule has 7 nitrogen and oxygen atoms in total. The van der Waals surface area contributed by atoms with E-state index in [2.05, 4.69) is 21.3 Å². The van der Waals surface area contributed by atoms with E-state index in [1.165, 1.54) is 25.8 Å². The second-order valence-electron chi connectivity index (χ2n) is 5.21. The molecule has 1 aromatic heterocycles. The van der Waals surface area contributed by atoms with Gasteiger partial charge in [-0.25, -0.2) is 9.78 Å². The number of carbonyl (C=O) groups excluding carboxylic acids is 1. The maximum atomic E-state index is 11.5. The summed E-state index contributed by atoms with van der Waals surface area (Å²) in [6.07, 6.45) is 7.58. The van der Waals surface area contributed by atoms with Crippen molar-refractivity contribution in [2.24, 2.45) is 0 Å². The second-order valence-corrected chi connectivity index (χ2v) is 6.34. The lowest BCUT2D eigenvalue weighted by Crippen LogP contribution is -2.29. The van der Waals surface area contributed by atoms with Crippen molar-refractivity contribution < 1.29 is 14.5 Å². The Balaban J connectivity index is 2.19. The first kappa shape index (κ1) is 16.5. The predicted molar refractivity (Wildman–Crippen MR) is 85.4 cm³/mol. The van der Waals surface area contributed by atoms with Gasteiger partial charge in [0.25, 0.3) is 0 Å². The zero-order valence-corrected chi connectivity index (χ0v) is 13.4. The van der Waals surface area contributed by atoms with Crippen molar-refractivity contribution in [2.75, 3.05) is 18.7 Å². The first-order chi connectivity index (χ1) is 10.5. The fraction of sp³-hybridized carbons (Fsp3) is 0.571. The highest BCUT2D eigenvalue weighted by molar-refractivity contribution is 7.99. The number of hydrogen-bond acceptors (Lipinski definition) is 7. The van der Waals surface area contributed by atoms with E-state index in [9.17, 15) is 14.9 Å². The van der Waals surface area contributed by atoms with Crippen LogP contribution in [0.15, 0.2) is 12.3 Å². The Morgan fingerprint density at radius 3 is 2.95 bits per heavy atom. The van der Waals surface area contributed by atoms with Gasteiger partial charge in [0.1, 0.15) is 0 Å². The number of nitrogens with zero attached hydrogens (tertiary/aromatic N) is 2. The first-order valence-electron chi connectivity index (χ1n) is 7.07. The summed E-state index contributed by atoms with van der Waals surface area (Å²) in [6.45, 7) is 0. The average molecular weight is 325 g/mol. The fourth-order valence-electron chi connectivity index (χ4n) is 2.62. The van der Waals surface area contributed by atoms with Crippen LogP contribution in [0.2, 0.25) is 0 Å². The maximum Gasteiger partial charge on any atom is 0.339 e. The van der Waals surface area contributed by atoms with Crippen LogP contribution < -0.4 is 5.32 Å². The third kappa shape index (κ3) is 3.88. The normalized spacial score (nSPS) is 21.2. The molecular weight excluding hydrogens is 306 g/mol. The Morgan fingerprint density at radius 2 is 2.32 bits per heavy atom. The largest absolute Gasteiger partial charge is 0.465 e. The molecule has 1 aromatic rings. The third-order valence-electron chi connectivity index (χ3n) is 3.79. The quantitative estimate of drug-likeness (QED) is 0.505. The van der Waals surface area contributed by atoms with Crippen molar-refractivity contribution >= 4 is 29.2 Å². The highest BCUT2D eigenvalue weighted by atomic mass is 32.2. The van der Waals surface area contributed by atoms with Crippen LogP contribution in [0.4, 0.5) is 11.5 Å². The van der Waals surface area contributed by atoms with Crippen molar-refractivity contribution in [1.82, 2.24) is 4.98 Å². The van der Waals surface area contributed by atoms with E-state index in [1.807, 2.05) is 11.8 Å². The summed E-state index contributed by atoms with van der Waals surface area (Å²) in [4.78, 5) is 26.2. The lowest BCUT2D eigenvalue weighted by Gasteiger charge is -2.28. The number of carbonyl (C=O) groups is 1. The van der Waals surface area contributed by atoms with Gasteiger partial charge in [-0.1, -0.05) is 6.42 Å². The lowest BCUT2D eigenvalue weighted by molar-refractivity contribution is -0.384. The summed E-state index contributed by atoms with van der Waals surface area (Å²) in [7, 11) is 1.23. The van der Waals surface area contributed by atoms with Gasteiger partial charge in [-0.15, -0.1) is 0 Å². The highest BCUT2D eigenvalue weighted by Gasteiger charge is 2.25. The van der Waals surface area contributed by atoms with Crippen LogP contribution in [0, 0.1) is 10.1 Å². The van der Waals surface area contributed by atoms with E-state index in [-0.39, 0.29) is 23.1 Å². The molecule has 1 N–H and O–H groups in total. The molecule has 0 aliphatic heterocycles. The fourth-order valence-corrected chi connectivity index (χ4v) is 3.44. The number of methoxy groups -OCH3 is 1. The van der Waals surface area contributed by atoms with E-state index < -0.39 is 10.9 Å². The van der Waals surface area contributed by atoms with Crippen molar-refractivity contribution in [3.63, 3.8) is 0 Å². The minimum absolute atomic E-state index is 0.0744. The smallest absolute Gasteiger partial charge is 0.339 e. The maximum absolute atomic E-state index is 11.5. The number of aromatic nitrogens is 1. The highest BCUT2D eigenvalue weighted by Crippen LogP contribution is 2.31. The molecule has 22 heavy (non-hydrogen) atoms. The number of anilines is 1. The zero-order valence-electron chi connectivity index (χ0n) is 12.6. The van der Waals surface area contributed by atoms with Crippen LogP contribution in [-0.4, -0.2) is 40.5 Å². The van der Waals surface area contributed by atoms with Gasteiger partial charge in [-0.05, 0) is 25.5 Å². The van der Waals surface area contributed by atoms with E-state index >= 15 is 0 Å². The van der Waals surface area contributed by atoms with Gasteiger partial charge in [0, 0.05) is 23.6 Å². The molecule has 2 rings (SSSR count). The predicted octanol–water partition coefficient (Wildman–Crippen LogP) is 2.86. The van der Waals surface area contributed by atoms with E-state index in [4.69, 9.17) is 0 Å². The SMILES string of the molecule is COC(=O)c1cnc(NC2CCCC(SC)C2)c([N+](=O)[O-])c1.